The van der Waals surface area contributed by atoms with Crippen LogP contribution in [0.1, 0.15) is 67.7 Å². The molecule has 2 saturated carbocycles. The molecule has 0 unspecified atom stereocenters. The number of Topliss-reactive ketones (excluding diaryl/α,β-unsaturated/α-hetero) is 1. The van der Waals surface area contributed by atoms with Gasteiger partial charge in [0.2, 0.25) is 5.91 Å². The van der Waals surface area contributed by atoms with Gasteiger partial charge in [0, 0.05) is 23.2 Å². The molecule has 1 N–H and O–H groups in total. The van der Waals surface area contributed by atoms with Crippen molar-refractivity contribution in [2.45, 2.75) is 61.9 Å². The Morgan fingerprint density at radius 3 is 2.42 bits per heavy atom. The Morgan fingerprint density at radius 1 is 1.15 bits per heavy atom. The zero-order chi connectivity index (χ0) is 18.3. The summed E-state index contributed by atoms with van der Waals surface area (Å²) in [5.74, 6) is 1.59. The van der Waals surface area contributed by atoms with E-state index < -0.39 is 0 Å². The van der Waals surface area contributed by atoms with Gasteiger partial charge >= 0.3 is 0 Å². The average molecular weight is 370 g/mol. The first-order valence-corrected chi connectivity index (χ1v) is 9.94. The van der Waals surface area contributed by atoms with Gasteiger partial charge in [-0.2, -0.15) is 0 Å². The van der Waals surface area contributed by atoms with Crippen molar-refractivity contribution in [1.82, 2.24) is 14.8 Å². The largest absolute Gasteiger partial charge is 0.325 e. The molecule has 1 heterocycles. The summed E-state index contributed by atoms with van der Waals surface area (Å²) in [5, 5.41) is 12.2. The molecule has 1 aromatic heterocycles. The van der Waals surface area contributed by atoms with Crippen molar-refractivity contribution in [3.05, 3.63) is 35.7 Å². The van der Waals surface area contributed by atoms with Gasteiger partial charge in [0.25, 0.3) is 0 Å². The van der Waals surface area contributed by atoms with E-state index in [1.807, 2.05) is 6.92 Å². The summed E-state index contributed by atoms with van der Waals surface area (Å²) < 4.78 is 2.26. The van der Waals surface area contributed by atoms with Crippen LogP contribution in [0.25, 0.3) is 0 Å². The van der Waals surface area contributed by atoms with E-state index in [0.717, 1.165) is 11.0 Å². The van der Waals surface area contributed by atoms with Crippen LogP contribution in [0.5, 0.6) is 0 Å². The summed E-state index contributed by atoms with van der Waals surface area (Å²) >= 11 is 1.46. The monoisotopic (exact) mass is 370 g/mol. The molecule has 0 radical (unpaired) electrons. The van der Waals surface area contributed by atoms with Gasteiger partial charge in [0.1, 0.15) is 5.82 Å². The molecule has 2 aliphatic carbocycles. The summed E-state index contributed by atoms with van der Waals surface area (Å²) in [6.07, 6.45) is 4.74. The Morgan fingerprint density at radius 2 is 1.85 bits per heavy atom. The van der Waals surface area contributed by atoms with Crippen LogP contribution in [0.2, 0.25) is 0 Å². The minimum Gasteiger partial charge on any atom is -0.325 e. The number of hydrogen-bond acceptors (Lipinski definition) is 5. The predicted octanol–water partition coefficient (Wildman–Crippen LogP) is 3.81. The van der Waals surface area contributed by atoms with E-state index >= 15 is 0 Å². The van der Waals surface area contributed by atoms with Crippen LogP contribution >= 0.6 is 11.8 Å². The first-order chi connectivity index (χ1) is 12.5. The molecule has 4 rings (SSSR count). The van der Waals surface area contributed by atoms with E-state index in [0.29, 0.717) is 23.2 Å². The van der Waals surface area contributed by atoms with E-state index in [4.69, 9.17) is 0 Å². The fraction of sp³-hybridized carbons (Fsp3) is 0.474. The molecule has 136 valence electrons. The van der Waals surface area contributed by atoms with Gasteiger partial charge in [-0.3, -0.25) is 9.59 Å². The summed E-state index contributed by atoms with van der Waals surface area (Å²) in [6, 6.07) is 7.47. The number of ketones is 1. The van der Waals surface area contributed by atoms with Crippen LogP contribution in [-0.2, 0) is 4.79 Å². The minimum atomic E-state index is -0.281. The maximum Gasteiger partial charge on any atom is 0.237 e. The second-order valence-corrected chi connectivity index (χ2v) is 8.41. The number of amides is 1. The maximum absolute atomic E-state index is 12.5. The third-order valence-corrected chi connectivity index (χ3v) is 5.81. The number of carbonyl (C=O) groups is 2. The van der Waals surface area contributed by atoms with Gasteiger partial charge in [-0.15, -0.1) is 10.2 Å². The Bertz CT molecular complexity index is 838. The number of nitrogens with zero attached hydrogens (tertiary/aromatic N) is 3. The lowest BCUT2D eigenvalue weighted by Crippen LogP contribution is -2.23. The number of nitrogens with one attached hydrogen (secondary N) is 1. The van der Waals surface area contributed by atoms with Crippen LogP contribution in [0, 0.1) is 0 Å². The second kappa shape index (κ2) is 6.87. The van der Waals surface area contributed by atoms with Crippen molar-refractivity contribution in [3.8, 4) is 0 Å². The zero-order valence-electron chi connectivity index (χ0n) is 14.9. The average Bonchev–Trinajstić information content (AvgIpc) is 3.54. The third kappa shape index (κ3) is 3.67. The summed E-state index contributed by atoms with van der Waals surface area (Å²) in [7, 11) is 0. The van der Waals surface area contributed by atoms with Crippen molar-refractivity contribution >= 4 is 29.1 Å². The van der Waals surface area contributed by atoms with Gasteiger partial charge in [-0.1, -0.05) is 11.8 Å². The molecule has 6 nitrogen and oxygen atoms in total. The Balaban J connectivity index is 1.42. The molecule has 2 aliphatic rings. The van der Waals surface area contributed by atoms with E-state index in [9.17, 15) is 9.59 Å². The van der Waals surface area contributed by atoms with Crippen molar-refractivity contribution < 1.29 is 9.59 Å². The molecule has 0 bridgehead atoms. The van der Waals surface area contributed by atoms with Crippen LogP contribution < -0.4 is 5.32 Å². The minimum absolute atomic E-state index is 0.0117. The molecule has 26 heavy (non-hydrogen) atoms. The van der Waals surface area contributed by atoms with Crippen molar-refractivity contribution in [2.24, 2.45) is 0 Å². The molecule has 0 saturated heterocycles. The molecule has 1 amide bonds. The highest BCUT2D eigenvalue weighted by atomic mass is 32.2. The Kier molecular flexibility index (Phi) is 4.56. The summed E-state index contributed by atoms with van der Waals surface area (Å²) in [4.78, 5) is 23.9. The highest BCUT2D eigenvalue weighted by Crippen LogP contribution is 2.46. The molecular formula is C19H22N4O2S. The molecule has 2 aromatic rings. The molecule has 2 fully saturated rings. The third-order valence-electron chi connectivity index (χ3n) is 4.76. The number of rotatable bonds is 7. The number of hydrogen-bond donors (Lipinski definition) is 1. The lowest BCUT2D eigenvalue weighted by Gasteiger charge is -2.13. The number of anilines is 1. The van der Waals surface area contributed by atoms with Gasteiger partial charge in [0.15, 0.2) is 10.9 Å². The predicted molar refractivity (Wildman–Crippen MR) is 101 cm³/mol. The highest BCUT2D eigenvalue weighted by Gasteiger charge is 2.37. The zero-order valence-corrected chi connectivity index (χ0v) is 15.8. The number of benzene rings is 1. The normalized spacial score (nSPS) is 17.8. The van der Waals surface area contributed by atoms with Crippen LogP contribution in [0.3, 0.4) is 0 Å². The number of aromatic nitrogens is 3. The molecule has 1 aromatic carbocycles. The van der Waals surface area contributed by atoms with Crippen molar-refractivity contribution in [2.75, 3.05) is 5.32 Å². The van der Waals surface area contributed by atoms with Crippen molar-refractivity contribution in [3.63, 3.8) is 0 Å². The number of thioether (sulfide) groups is 1. The van der Waals surface area contributed by atoms with Gasteiger partial charge < -0.3 is 9.88 Å². The first kappa shape index (κ1) is 17.3. The standard InChI is InChI=1S/C19H22N4O2S/c1-11(24)13-5-7-15(8-6-13)20-18(25)12(2)26-19-22-21-17(14-3-4-14)23(19)16-9-10-16/h5-8,12,14,16H,3-4,9-10H2,1-2H3,(H,20,25)/t12-/m0/s1. The van der Waals surface area contributed by atoms with E-state index in [2.05, 4.69) is 20.1 Å². The fourth-order valence-corrected chi connectivity index (χ4v) is 3.83. The lowest BCUT2D eigenvalue weighted by molar-refractivity contribution is -0.115. The van der Waals surface area contributed by atoms with Crippen LogP contribution in [-0.4, -0.2) is 31.7 Å². The molecule has 1 atom stereocenters. The Labute approximate surface area is 156 Å². The lowest BCUT2D eigenvalue weighted by atomic mass is 10.1. The fourth-order valence-electron chi connectivity index (χ4n) is 2.91. The van der Waals surface area contributed by atoms with Crippen LogP contribution in [0.15, 0.2) is 29.4 Å². The van der Waals surface area contributed by atoms with E-state index in [1.165, 1.54) is 44.4 Å². The van der Waals surface area contributed by atoms with Crippen molar-refractivity contribution in [1.29, 1.82) is 0 Å². The molecule has 7 heteroatoms. The molecular weight excluding hydrogens is 348 g/mol. The molecule has 0 aliphatic heterocycles. The second-order valence-electron chi connectivity index (χ2n) is 7.10. The smallest absolute Gasteiger partial charge is 0.237 e. The van der Waals surface area contributed by atoms with Gasteiger partial charge in [-0.05, 0) is 63.8 Å². The summed E-state index contributed by atoms with van der Waals surface area (Å²) in [5.41, 5.74) is 1.32. The Hall–Kier alpha value is -2.15. The topological polar surface area (TPSA) is 76.9 Å². The van der Waals surface area contributed by atoms with E-state index in [-0.39, 0.29) is 16.9 Å². The maximum atomic E-state index is 12.5. The van der Waals surface area contributed by atoms with E-state index in [1.54, 1.807) is 24.3 Å². The number of carbonyl (C=O) groups excluding carboxylic acids is 2. The quantitative estimate of drug-likeness (QED) is 0.592. The summed E-state index contributed by atoms with van der Waals surface area (Å²) in [6.45, 7) is 3.41. The van der Waals surface area contributed by atoms with Gasteiger partial charge in [-0.25, -0.2) is 0 Å². The SMILES string of the molecule is CC(=O)c1ccc(NC(=O)[C@H](C)Sc2nnc(C3CC3)n2C2CC2)cc1. The first-order valence-electron chi connectivity index (χ1n) is 9.06. The van der Waals surface area contributed by atoms with Gasteiger partial charge in [0.05, 0.1) is 5.25 Å². The van der Waals surface area contributed by atoms with Crippen LogP contribution in [0.4, 0.5) is 5.69 Å². The highest BCUT2D eigenvalue weighted by molar-refractivity contribution is 8.00. The molecule has 0 spiro atoms.